The van der Waals surface area contributed by atoms with Gasteiger partial charge in [-0.1, -0.05) is 13.8 Å². The molecule has 1 aromatic carbocycles. The first-order valence-corrected chi connectivity index (χ1v) is 11.4. The molecular weight excluding hydrogens is 384 g/mol. The minimum atomic E-state index is -3.41. The number of nitrogens with one attached hydrogen (secondary N) is 1. The molecule has 1 aromatic rings. The second-order valence-corrected chi connectivity index (χ2v) is 9.97. The highest BCUT2D eigenvalue weighted by atomic mass is 35.5. The molecular formula is C20H33ClN2O3S. The molecule has 7 heteroatoms. The van der Waals surface area contributed by atoms with Crippen molar-refractivity contribution in [3.8, 4) is 5.75 Å². The van der Waals surface area contributed by atoms with E-state index in [0.29, 0.717) is 36.6 Å². The molecule has 0 atom stereocenters. The number of ether oxygens (including phenoxy) is 1. The van der Waals surface area contributed by atoms with E-state index in [4.69, 9.17) is 4.74 Å². The van der Waals surface area contributed by atoms with E-state index in [-0.39, 0.29) is 12.4 Å². The number of piperidine rings is 1. The zero-order valence-electron chi connectivity index (χ0n) is 16.4. The maximum Gasteiger partial charge on any atom is 0.243 e. The summed E-state index contributed by atoms with van der Waals surface area (Å²) in [7, 11) is -3.41. The molecule has 1 heterocycles. The molecule has 2 fully saturated rings. The minimum Gasteiger partial charge on any atom is -0.494 e. The van der Waals surface area contributed by atoms with E-state index in [2.05, 4.69) is 19.2 Å². The van der Waals surface area contributed by atoms with Gasteiger partial charge in [-0.05, 0) is 74.8 Å². The Morgan fingerprint density at radius 1 is 1.11 bits per heavy atom. The molecule has 154 valence electrons. The van der Waals surface area contributed by atoms with Crippen molar-refractivity contribution in [2.24, 2.45) is 11.8 Å². The summed E-state index contributed by atoms with van der Waals surface area (Å²) in [5.74, 6) is 2.18. The standard InChI is InChI=1S/C20H32N2O3S.ClH/c1-16(2)11-14-25-19-5-7-20(8-6-19)26(23,24)22-12-9-18(10-13-22)21-15-17-3-4-17;/h5-8,16-18,21H,3-4,9-15H2,1-2H3;1H. The third kappa shape index (κ3) is 6.63. The average molecular weight is 417 g/mol. The van der Waals surface area contributed by atoms with Crippen molar-refractivity contribution >= 4 is 22.4 Å². The van der Waals surface area contributed by atoms with E-state index in [1.807, 2.05) is 0 Å². The van der Waals surface area contributed by atoms with Crippen LogP contribution in [0.4, 0.5) is 0 Å². The Morgan fingerprint density at radius 3 is 2.30 bits per heavy atom. The van der Waals surface area contributed by atoms with Crippen LogP contribution < -0.4 is 10.1 Å². The molecule has 2 aliphatic rings. The summed E-state index contributed by atoms with van der Waals surface area (Å²) in [5.41, 5.74) is 0. The van der Waals surface area contributed by atoms with Crippen molar-refractivity contribution in [3.05, 3.63) is 24.3 Å². The third-order valence-corrected chi connectivity index (χ3v) is 7.18. The lowest BCUT2D eigenvalue weighted by atomic mass is 10.1. The highest BCUT2D eigenvalue weighted by molar-refractivity contribution is 7.89. The second kappa shape index (κ2) is 10.1. The molecule has 3 rings (SSSR count). The van der Waals surface area contributed by atoms with Gasteiger partial charge in [0.2, 0.25) is 10.0 Å². The van der Waals surface area contributed by atoms with Crippen LogP contribution in [0.5, 0.6) is 5.75 Å². The second-order valence-electron chi connectivity index (χ2n) is 8.03. The lowest BCUT2D eigenvalue weighted by molar-refractivity contribution is 0.287. The van der Waals surface area contributed by atoms with Crippen LogP contribution >= 0.6 is 12.4 Å². The van der Waals surface area contributed by atoms with Crippen LogP contribution in [-0.4, -0.2) is 45.0 Å². The number of halogens is 1. The predicted octanol–water partition coefficient (Wildman–Crippen LogP) is 3.69. The summed E-state index contributed by atoms with van der Waals surface area (Å²) in [5, 5.41) is 3.59. The lowest BCUT2D eigenvalue weighted by Gasteiger charge is -2.31. The number of benzene rings is 1. The van der Waals surface area contributed by atoms with Crippen molar-refractivity contribution in [1.82, 2.24) is 9.62 Å². The average Bonchev–Trinajstić information content (AvgIpc) is 3.45. The van der Waals surface area contributed by atoms with Gasteiger partial charge >= 0.3 is 0 Å². The molecule has 27 heavy (non-hydrogen) atoms. The van der Waals surface area contributed by atoms with Crippen LogP contribution in [0.3, 0.4) is 0 Å². The van der Waals surface area contributed by atoms with Crippen LogP contribution in [0.1, 0.15) is 46.0 Å². The van der Waals surface area contributed by atoms with Crippen molar-refractivity contribution in [3.63, 3.8) is 0 Å². The van der Waals surface area contributed by atoms with Gasteiger partial charge in [0, 0.05) is 19.1 Å². The van der Waals surface area contributed by atoms with Crippen LogP contribution in [0.15, 0.2) is 29.2 Å². The third-order valence-electron chi connectivity index (χ3n) is 5.27. The van der Waals surface area contributed by atoms with Crippen LogP contribution in [0, 0.1) is 11.8 Å². The first kappa shape index (κ1) is 22.5. The van der Waals surface area contributed by atoms with Gasteiger partial charge in [0.25, 0.3) is 0 Å². The summed E-state index contributed by atoms with van der Waals surface area (Å²) in [6, 6.07) is 7.31. The highest BCUT2D eigenvalue weighted by Crippen LogP contribution is 2.28. The summed E-state index contributed by atoms with van der Waals surface area (Å²) < 4.78 is 33.0. The van der Waals surface area contributed by atoms with Gasteiger partial charge in [-0.3, -0.25) is 0 Å². The van der Waals surface area contributed by atoms with Gasteiger partial charge in [-0.2, -0.15) is 4.31 Å². The number of nitrogens with zero attached hydrogens (tertiary/aromatic N) is 1. The SMILES string of the molecule is CC(C)CCOc1ccc(S(=O)(=O)N2CCC(NCC3CC3)CC2)cc1.Cl. The zero-order valence-corrected chi connectivity index (χ0v) is 18.0. The topological polar surface area (TPSA) is 58.6 Å². The van der Waals surface area contributed by atoms with Gasteiger partial charge < -0.3 is 10.1 Å². The summed E-state index contributed by atoms with van der Waals surface area (Å²) >= 11 is 0. The highest BCUT2D eigenvalue weighted by Gasteiger charge is 2.30. The molecule has 0 aromatic heterocycles. The van der Waals surface area contributed by atoms with Gasteiger partial charge in [-0.25, -0.2) is 8.42 Å². The number of rotatable bonds is 9. The Balaban J connectivity index is 0.00000261. The molecule has 1 aliphatic carbocycles. The summed E-state index contributed by atoms with van der Waals surface area (Å²) in [6.45, 7) is 7.25. The van der Waals surface area contributed by atoms with Gasteiger partial charge in [0.1, 0.15) is 5.75 Å². The maximum absolute atomic E-state index is 12.8. The Bertz CT molecular complexity index is 667. The lowest BCUT2D eigenvalue weighted by Crippen LogP contribution is -2.45. The molecule has 0 radical (unpaired) electrons. The fraction of sp³-hybridized carbons (Fsp3) is 0.700. The van der Waals surface area contributed by atoms with Gasteiger partial charge in [0.05, 0.1) is 11.5 Å². The van der Waals surface area contributed by atoms with E-state index in [1.165, 1.54) is 12.8 Å². The van der Waals surface area contributed by atoms with Crippen molar-refractivity contribution in [2.75, 3.05) is 26.2 Å². The van der Waals surface area contributed by atoms with Crippen molar-refractivity contribution in [1.29, 1.82) is 0 Å². The molecule has 1 N–H and O–H groups in total. The van der Waals surface area contributed by atoms with Crippen LogP contribution in [-0.2, 0) is 10.0 Å². The molecule has 1 saturated carbocycles. The number of hydrogen-bond acceptors (Lipinski definition) is 4. The number of hydrogen-bond donors (Lipinski definition) is 1. The van der Waals surface area contributed by atoms with Crippen LogP contribution in [0.25, 0.3) is 0 Å². The Labute approximate surface area is 170 Å². The van der Waals surface area contributed by atoms with Crippen LogP contribution in [0.2, 0.25) is 0 Å². The maximum atomic E-state index is 12.8. The van der Waals surface area contributed by atoms with E-state index >= 15 is 0 Å². The van der Waals surface area contributed by atoms with E-state index in [0.717, 1.165) is 37.5 Å². The van der Waals surface area contributed by atoms with Gasteiger partial charge in [0.15, 0.2) is 0 Å². The molecule has 0 amide bonds. The largest absolute Gasteiger partial charge is 0.494 e. The Hall–Kier alpha value is -0.820. The minimum absolute atomic E-state index is 0. The monoisotopic (exact) mass is 416 g/mol. The smallest absolute Gasteiger partial charge is 0.243 e. The Kier molecular flexibility index (Phi) is 8.40. The molecule has 0 spiro atoms. The van der Waals surface area contributed by atoms with Gasteiger partial charge in [-0.15, -0.1) is 12.4 Å². The van der Waals surface area contributed by atoms with Crippen molar-refractivity contribution < 1.29 is 13.2 Å². The summed E-state index contributed by atoms with van der Waals surface area (Å²) in [4.78, 5) is 0.359. The molecule has 1 aliphatic heterocycles. The fourth-order valence-electron chi connectivity index (χ4n) is 3.22. The first-order chi connectivity index (χ1) is 12.4. The quantitative estimate of drug-likeness (QED) is 0.667. The fourth-order valence-corrected chi connectivity index (χ4v) is 4.69. The van der Waals surface area contributed by atoms with E-state index in [1.54, 1.807) is 28.6 Å². The normalized spacial score (nSPS) is 19.1. The summed E-state index contributed by atoms with van der Waals surface area (Å²) in [6.07, 6.45) is 5.46. The first-order valence-electron chi connectivity index (χ1n) is 9.91. The number of sulfonamides is 1. The predicted molar refractivity (Wildman–Crippen MR) is 111 cm³/mol. The van der Waals surface area contributed by atoms with Crippen molar-refractivity contribution in [2.45, 2.75) is 56.9 Å². The van der Waals surface area contributed by atoms with E-state index < -0.39 is 10.0 Å². The molecule has 0 bridgehead atoms. The molecule has 1 saturated heterocycles. The van der Waals surface area contributed by atoms with E-state index in [9.17, 15) is 8.42 Å². The molecule has 5 nitrogen and oxygen atoms in total. The molecule has 0 unspecified atom stereocenters. The Morgan fingerprint density at radius 2 is 1.74 bits per heavy atom. The zero-order chi connectivity index (χ0) is 18.6.